The zero-order valence-corrected chi connectivity index (χ0v) is 7.51. The van der Waals surface area contributed by atoms with Gasteiger partial charge in [0.2, 0.25) is 0 Å². The lowest BCUT2D eigenvalue weighted by Gasteiger charge is -2.33. The number of rotatable bonds is 2. The summed E-state index contributed by atoms with van der Waals surface area (Å²) >= 11 is 0. The third kappa shape index (κ3) is 1.43. The predicted octanol–water partition coefficient (Wildman–Crippen LogP) is 1.01. The fraction of sp³-hybridized carbons (Fsp3) is 0.556. The van der Waals surface area contributed by atoms with E-state index in [1.165, 1.54) is 7.11 Å². The summed E-state index contributed by atoms with van der Waals surface area (Å²) < 4.78 is 6.55. The summed E-state index contributed by atoms with van der Waals surface area (Å²) in [6, 6.07) is 2.28. The first-order valence-corrected chi connectivity index (χ1v) is 4.38. The summed E-state index contributed by atoms with van der Waals surface area (Å²) in [4.78, 5) is 11.1. The number of hydrogen-bond acceptors (Lipinski definition) is 3. The molecule has 0 aromatic carbocycles. The summed E-state index contributed by atoms with van der Waals surface area (Å²) in [5.74, 6) is -0.0115. The van der Waals surface area contributed by atoms with Crippen molar-refractivity contribution in [2.45, 2.75) is 18.9 Å². The average molecular weight is 180 g/mol. The zero-order chi connectivity index (χ0) is 9.26. The normalized spacial score (nSPS) is 26.5. The van der Waals surface area contributed by atoms with Crippen LogP contribution < -0.4 is 0 Å². The quantitative estimate of drug-likeness (QED) is 0.638. The van der Waals surface area contributed by atoms with Crippen LogP contribution in [-0.4, -0.2) is 22.9 Å². The van der Waals surface area contributed by atoms with Crippen LogP contribution in [0, 0.1) is 5.92 Å². The highest BCUT2D eigenvalue weighted by molar-refractivity contribution is 5.73. The summed E-state index contributed by atoms with van der Waals surface area (Å²) in [7, 11) is 1.43. The summed E-state index contributed by atoms with van der Waals surface area (Å²) in [5, 5.41) is 4.12. The zero-order valence-electron chi connectivity index (χ0n) is 7.51. The van der Waals surface area contributed by atoms with E-state index in [4.69, 9.17) is 0 Å². The van der Waals surface area contributed by atoms with Crippen molar-refractivity contribution in [3.8, 4) is 0 Å². The minimum absolute atomic E-state index is 0.0826. The number of methoxy groups -OCH3 is 1. The maximum Gasteiger partial charge on any atom is 0.308 e. The Kier molecular flexibility index (Phi) is 2.04. The number of carbonyl (C=O) groups is 1. The van der Waals surface area contributed by atoms with Crippen molar-refractivity contribution in [1.29, 1.82) is 0 Å². The molecule has 0 aliphatic heterocycles. The molecule has 0 amide bonds. The van der Waals surface area contributed by atoms with E-state index >= 15 is 0 Å². The van der Waals surface area contributed by atoms with Gasteiger partial charge in [-0.1, -0.05) is 0 Å². The number of nitrogens with zero attached hydrogens (tertiary/aromatic N) is 2. The van der Waals surface area contributed by atoms with Crippen LogP contribution in [0.2, 0.25) is 0 Å². The van der Waals surface area contributed by atoms with E-state index in [1.807, 2.05) is 16.9 Å². The molecule has 1 fully saturated rings. The van der Waals surface area contributed by atoms with Crippen LogP contribution in [-0.2, 0) is 9.53 Å². The first-order valence-electron chi connectivity index (χ1n) is 4.38. The van der Waals surface area contributed by atoms with E-state index in [2.05, 4.69) is 9.84 Å². The third-order valence-corrected chi connectivity index (χ3v) is 2.55. The highest BCUT2D eigenvalue weighted by Gasteiger charge is 2.36. The standard InChI is InChI=1S/C9H12N2O2/c1-13-9(12)7-5-8(6-7)11-4-2-3-10-11/h2-4,7-8H,5-6H2,1H3. The first kappa shape index (κ1) is 8.29. The molecule has 0 radical (unpaired) electrons. The topological polar surface area (TPSA) is 44.1 Å². The Morgan fingerprint density at radius 3 is 2.92 bits per heavy atom. The van der Waals surface area contributed by atoms with Crippen LogP contribution in [0.3, 0.4) is 0 Å². The predicted molar refractivity (Wildman–Crippen MR) is 46.0 cm³/mol. The van der Waals surface area contributed by atoms with Crippen LogP contribution in [0.15, 0.2) is 18.5 Å². The molecule has 1 aromatic rings. The molecule has 1 heterocycles. The Morgan fingerprint density at radius 1 is 1.62 bits per heavy atom. The minimum Gasteiger partial charge on any atom is -0.469 e. The molecule has 70 valence electrons. The summed E-state index contributed by atoms with van der Waals surface area (Å²) in [6.45, 7) is 0. The number of aromatic nitrogens is 2. The van der Waals surface area contributed by atoms with Crippen molar-refractivity contribution >= 4 is 5.97 Å². The van der Waals surface area contributed by atoms with Crippen molar-refractivity contribution in [3.63, 3.8) is 0 Å². The molecular weight excluding hydrogens is 168 g/mol. The lowest BCUT2D eigenvalue weighted by Crippen LogP contribution is -2.33. The molecule has 0 N–H and O–H groups in total. The highest BCUT2D eigenvalue weighted by Crippen LogP contribution is 2.37. The van der Waals surface area contributed by atoms with E-state index in [1.54, 1.807) is 6.20 Å². The minimum atomic E-state index is -0.0941. The Morgan fingerprint density at radius 2 is 2.38 bits per heavy atom. The fourth-order valence-electron chi connectivity index (χ4n) is 1.66. The van der Waals surface area contributed by atoms with Gasteiger partial charge < -0.3 is 4.74 Å². The first-order chi connectivity index (χ1) is 6.31. The maximum absolute atomic E-state index is 11.1. The van der Waals surface area contributed by atoms with Gasteiger partial charge in [-0.15, -0.1) is 0 Å². The Balaban J connectivity index is 1.89. The third-order valence-electron chi connectivity index (χ3n) is 2.55. The van der Waals surface area contributed by atoms with E-state index in [9.17, 15) is 4.79 Å². The van der Waals surface area contributed by atoms with E-state index in [0.717, 1.165) is 12.8 Å². The largest absolute Gasteiger partial charge is 0.469 e. The van der Waals surface area contributed by atoms with Crippen LogP contribution in [0.1, 0.15) is 18.9 Å². The van der Waals surface area contributed by atoms with E-state index < -0.39 is 0 Å². The molecule has 2 rings (SSSR count). The molecule has 13 heavy (non-hydrogen) atoms. The summed E-state index contributed by atoms with van der Waals surface area (Å²) in [6.07, 6.45) is 5.40. The average Bonchev–Trinajstić information content (AvgIpc) is 2.54. The Labute approximate surface area is 76.5 Å². The van der Waals surface area contributed by atoms with Gasteiger partial charge in [0, 0.05) is 12.4 Å². The number of esters is 1. The second kappa shape index (κ2) is 3.20. The van der Waals surface area contributed by atoms with E-state index in [-0.39, 0.29) is 11.9 Å². The molecule has 0 saturated heterocycles. The van der Waals surface area contributed by atoms with Crippen LogP contribution in [0.25, 0.3) is 0 Å². The number of carbonyl (C=O) groups excluding carboxylic acids is 1. The monoisotopic (exact) mass is 180 g/mol. The number of ether oxygens (including phenoxy) is 1. The van der Waals surface area contributed by atoms with Gasteiger partial charge >= 0.3 is 5.97 Å². The molecule has 0 unspecified atom stereocenters. The van der Waals surface area contributed by atoms with Crippen molar-refractivity contribution in [1.82, 2.24) is 9.78 Å². The van der Waals surface area contributed by atoms with Crippen molar-refractivity contribution in [3.05, 3.63) is 18.5 Å². The second-order valence-corrected chi connectivity index (χ2v) is 3.33. The molecule has 1 aliphatic rings. The van der Waals surface area contributed by atoms with Crippen molar-refractivity contribution in [2.75, 3.05) is 7.11 Å². The summed E-state index contributed by atoms with van der Waals surface area (Å²) in [5.41, 5.74) is 0. The lowest BCUT2D eigenvalue weighted by molar-refractivity contribution is -0.149. The van der Waals surface area contributed by atoms with Gasteiger partial charge in [-0.25, -0.2) is 0 Å². The number of hydrogen-bond donors (Lipinski definition) is 0. The van der Waals surface area contributed by atoms with Gasteiger partial charge in [-0.3, -0.25) is 9.48 Å². The van der Waals surface area contributed by atoms with Crippen molar-refractivity contribution in [2.24, 2.45) is 5.92 Å². The molecule has 1 aromatic heterocycles. The molecule has 1 aliphatic carbocycles. The smallest absolute Gasteiger partial charge is 0.308 e. The van der Waals surface area contributed by atoms with Gasteiger partial charge in [0.05, 0.1) is 19.1 Å². The fourth-order valence-corrected chi connectivity index (χ4v) is 1.66. The van der Waals surface area contributed by atoms with Crippen LogP contribution in [0.5, 0.6) is 0 Å². The van der Waals surface area contributed by atoms with Crippen molar-refractivity contribution < 1.29 is 9.53 Å². The Bertz CT molecular complexity index is 289. The molecule has 0 spiro atoms. The molecule has 0 bridgehead atoms. The molecule has 4 nitrogen and oxygen atoms in total. The highest BCUT2D eigenvalue weighted by atomic mass is 16.5. The van der Waals surface area contributed by atoms with Gasteiger partial charge in [-0.05, 0) is 18.9 Å². The van der Waals surface area contributed by atoms with Gasteiger partial charge in [0.1, 0.15) is 0 Å². The van der Waals surface area contributed by atoms with Gasteiger partial charge in [0.25, 0.3) is 0 Å². The Hall–Kier alpha value is -1.32. The van der Waals surface area contributed by atoms with Crippen LogP contribution in [0.4, 0.5) is 0 Å². The molecule has 0 atom stereocenters. The molecule has 4 heteroatoms. The van der Waals surface area contributed by atoms with Gasteiger partial charge in [0.15, 0.2) is 0 Å². The lowest BCUT2D eigenvalue weighted by atomic mass is 9.80. The van der Waals surface area contributed by atoms with Crippen LogP contribution >= 0.6 is 0 Å². The molecule has 1 saturated carbocycles. The van der Waals surface area contributed by atoms with E-state index in [0.29, 0.717) is 6.04 Å². The van der Waals surface area contributed by atoms with Gasteiger partial charge in [-0.2, -0.15) is 5.10 Å². The maximum atomic E-state index is 11.1. The molecular formula is C9H12N2O2. The second-order valence-electron chi connectivity index (χ2n) is 3.33. The SMILES string of the molecule is COC(=O)C1CC(n2cccn2)C1.